The van der Waals surface area contributed by atoms with Gasteiger partial charge in [-0.25, -0.2) is 0 Å². The van der Waals surface area contributed by atoms with Gasteiger partial charge < -0.3 is 9.64 Å². The maximum Gasteiger partial charge on any atom is 0.233 e. The van der Waals surface area contributed by atoms with Crippen molar-refractivity contribution in [2.24, 2.45) is 0 Å². The molecule has 8 heteroatoms. The maximum atomic E-state index is 13.0. The summed E-state index contributed by atoms with van der Waals surface area (Å²) in [5, 5.41) is 11.6. The standard InChI is InChI=1S/C22H26N4O2S2/c1-3-16-9-6-7-13-25(16)20(27)15-30-22-24-23-21(19-12-8-14-29-19)26(22)17-10-4-5-11-18(17)28-2/h4-5,8,10-12,14,16H,3,6-7,9,13,15H2,1-2H3/t16-/m0/s1. The van der Waals surface area contributed by atoms with E-state index in [-0.39, 0.29) is 5.91 Å². The lowest BCUT2D eigenvalue weighted by molar-refractivity contribution is -0.132. The molecule has 1 atom stereocenters. The van der Waals surface area contributed by atoms with Gasteiger partial charge in [0.05, 0.1) is 23.4 Å². The summed E-state index contributed by atoms with van der Waals surface area (Å²) in [7, 11) is 1.66. The van der Waals surface area contributed by atoms with Gasteiger partial charge in [0.1, 0.15) is 5.75 Å². The second kappa shape index (κ2) is 9.66. The van der Waals surface area contributed by atoms with E-state index in [2.05, 4.69) is 22.0 Å². The Kier molecular flexibility index (Phi) is 6.74. The van der Waals surface area contributed by atoms with Gasteiger partial charge in [-0.1, -0.05) is 36.9 Å². The van der Waals surface area contributed by atoms with E-state index < -0.39 is 0 Å². The van der Waals surface area contributed by atoms with Crippen molar-refractivity contribution in [2.45, 2.75) is 43.8 Å². The van der Waals surface area contributed by atoms with Crippen molar-refractivity contribution in [2.75, 3.05) is 19.4 Å². The molecular weight excluding hydrogens is 416 g/mol. The first-order chi connectivity index (χ1) is 14.7. The van der Waals surface area contributed by atoms with Crippen molar-refractivity contribution in [3.63, 3.8) is 0 Å². The van der Waals surface area contributed by atoms with Crippen molar-refractivity contribution in [1.82, 2.24) is 19.7 Å². The zero-order valence-electron chi connectivity index (χ0n) is 17.3. The Balaban J connectivity index is 1.63. The SMILES string of the molecule is CC[C@H]1CCCCN1C(=O)CSc1nnc(-c2cccs2)n1-c1ccccc1OC. The molecular formula is C22H26N4O2S2. The van der Waals surface area contributed by atoms with Gasteiger partial charge in [0.2, 0.25) is 5.91 Å². The molecule has 3 aromatic rings. The predicted octanol–water partition coefficient (Wildman–Crippen LogP) is 4.89. The number of likely N-dealkylation sites (tertiary alicyclic amines) is 1. The van der Waals surface area contributed by atoms with Crippen LogP contribution < -0.4 is 4.74 Å². The number of carbonyl (C=O) groups is 1. The van der Waals surface area contributed by atoms with E-state index >= 15 is 0 Å². The third kappa shape index (κ3) is 4.25. The number of nitrogens with zero attached hydrogens (tertiary/aromatic N) is 4. The number of benzene rings is 1. The number of aromatic nitrogens is 3. The van der Waals surface area contributed by atoms with Crippen molar-refractivity contribution in [3.05, 3.63) is 41.8 Å². The van der Waals surface area contributed by atoms with Gasteiger partial charge in [-0.15, -0.1) is 21.5 Å². The van der Waals surface area contributed by atoms with E-state index in [1.165, 1.54) is 18.2 Å². The lowest BCUT2D eigenvalue weighted by atomic mass is 10.0. The summed E-state index contributed by atoms with van der Waals surface area (Å²) < 4.78 is 7.58. The van der Waals surface area contributed by atoms with E-state index in [9.17, 15) is 4.79 Å². The number of hydrogen-bond donors (Lipinski definition) is 0. The maximum absolute atomic E-state index is 13.0. The Morgan fingerprint density at radius 2 is 2.10 bits per heavy atom. The van der Waals surface area contributed by atoms with Crippen molar-refractivity contribution < 1.29 is 9.53 Å². The number of amides is 1. The monoisotopic (exact) mass is 442 g/mol. The summed E-state index contributed by atoms with van der Waals surface area (Å²) in [6.07, 6.45) is 4.41. The number of para-hydroxylation sites is 2. The van der Waals surface area contributed by atoms with Crippen LogP contribution in [0.25, 0.3) is 16.4 Å². The lowest BCUT2D eigenvalue weighted by Gasteiger charge is -2.35. The van der Waals surface area contributed by atoms with E-state index in [0.29, 0.717) is 17.0 Å². The molecule has 3 heterocycles. The second-order valence-electron chi connectivity index (χ2n) is 7.22. The Bertz CT molecular complexity index is 987. The molecule has 158 valence electrons. The van der Waals surface area contributed by atoms with Gasteiger partial charge in [0, 0.05) is 12.6 Å². The molecule has 0 saturated carbocycles. The first-order valence-electron chi connectivity index (χ1n) is 10.3. The van der Waals surface area contributed by atoms with Gasteiger partial charge >= 0.3 is 0 Å². The first kappa shape index (κ1) is 20.9. The first-order valence-corrected chi connectivity index (χ1v) is 12.1. The van der Waals surface area contributed by atoms with Crippen LogP contribution in [0.5, 0.6) is 5.75 Å². The Hall–Kier alpha value is -2.32. The predicted molar refractivity (Wildman–Crippen MR) is 122 cm³/mol. The number of ether oxygens (including phenoxy) is 1. The minimum absolute atomic E-state index is 0.179. The molecule has 0 bridgehead atoms. The van der Waals surface area contributed by atoms with Crippen LogP contribution in [0.15, 0.2) is 46.9 Å². The molecule has 1 amide bonds. The number of methoxy groups -OCH3 is 1. The minimum atomic E-state index is 0.179. The number of thioether (sulfide) groups is 1. The fraction of sp³-hybridized carbons (Fsp3) is 0.409. The molecule has 0 unspecified atom stereocenters. The van der Waals surface area contributed by atoms with Crippen LogP contribution in [0.1, 0.15) is 32.6 Å². The molecule has 2 aromatic heterocycles. The smallest absolute Gasteiger partial charge is 0.233 e. The van der Waals surface area contributed by atoms with Crippen LogP contribution in [0, 0.1) is 0 Å². The van der Waals surface area contributed by atoms with Crippen LogP contribution in [-0.2, 0) is 4.79 Å². The summed E-state index contributed by atoms with van der Waals surface area (Å²) in [5.74, 6) is 2.03. The second-order valence-corrected chi connectivity index (χ2v) is 9.11. The van der Waals surface area contributed by atoms with E-state index in [4.69, 9.17) is 4.74 Å². The van der Waals surface area contributed by atoms with Crippen molar-refractivity contribution >= 4 is 29.0 Å². The van der Waals surface area contributed by atoms with Gasteiger partial charge in [0.15, 0.2) is 11.0 Å². The Morgan fingerprint density at radius 1 is 1.23 bits per heavy atom. The van der Waals surface area contributed by atoms with Crippen LogP contribution in [0.2, 0.25) is 0 Å². The molecule has 1 aliphatic heterocycles. The highest BCUT2D eigenvalue weighted by Gasteiger charge is 2.26. The summed E-state index contributed by atoms with van der Waals surface area (Å²) in [6.45, 7) is 3.02. The van der Waals surface area contributed by atoms with Crippen LogP contribution in [0.3, 0.4) is 0 Å². The summed E-state index contributed by atoms with van der Waals surface area (Å²) in [5.41, 5.74) is 0.868. The molecule has 0 spiro atoms. The average Bonchev–Trinajstić information content (AvgIpc) is 3.47. The summed E-state index contributed by atoms with van der Waals surface area (Å²) >= 11 is 3.05. The fourth-order valence-corrected chi connectivity index (χ4v) is 5.45. The largest absolute Gasteiger partial charge is 0.495 e. The average molecular weight is 443 g/mol. The fourth-order valence-electron chi connectivity index (χ4n) is 3.92. The van der Waals surface area contributed by atoms with E-state index in [1.54, 1.807) is 18.4 Å². The number of hydrogen-bond acceptors (Lipinski definition) is 6. The lowest BCUT2D eigenvalue weighted by Crippen LogP contribution is -2.44. The highest BCUT2D eigenvalue weighted by Crippen LogP contribution is 2.34. The molecule has 30 heavy (non-hydrogen) atoms. The number of carbonyl (C=O) groups excluding carboxylic acids is 1. The highest BCUT2D eigenvalue weighted by atomic mass is 32.2. The summed E-state index contributed by atoms with van der Waals surface area (Å²) in [4.78, 5) is 16.1. The van der Waals surface area contributed by atoms with Crippen molar-refractivity contribution in [3.8, 4) is 22.1 Å². The van der Waals surface area contributed by atoms with Crippen LogP contribution in [0.4, 0.5) is 0 Å². The van der Waals surface area contributed by atoms with Gasteiger partial charge in [0.25, 0.3) is 0 Å². The minimum Gasteiger partial charge on any atom is -0.495 e. The third-order valence-corrected chi connectivity index (χ3v) is 7.22. The quantitative estimate of drug-likeness (QED) is 0.488. The Labute approximate surface area is 185 Å². The Morgan fingerprint density at radius 3 is 2.87 bits per heavy atom. The van der Waals surface area contributed by atoms with Gasteiger partial charge in [-0.2, -0.15) is 0 Å². The van der Waals surface area contributed by atoms with Gasteiger partial charge in [-0.05, 0) is 49.3 Å². The molecule has 6 nitrogen and oxygen atoms in total. The zero-order chi connectivity index (χ0) is 20.9. The highest BCUT2D eigenvalue weighted by molar-refractivity contribution is 7.99. The molecule has 0 aliphatic carbocycles. The normalized spacial score (nSPS) is 16.6. The molecule has 1 aliphatic rings. The van der Waals surface area contributed by atoms with Crippen LogP contribution in [-0.4, -0.2) is 51.0 Å². The van der Waals surface area contributed by atoms with Crippen molar-refractivity contribution in [1.29, 1.82) is 0 Å². The molecule has 0 N–H and O–H groups in total. The number of thiophene rings is 1. The number of rotatable bonds is 7. The number of piperidine rings is 1. The van der Waals surface area contributed by atoms with Gasteiger partial charge in [-0.3, -0.25) is 9.36 Å². The van der Waals surface area contributed by atoms with E-state index in [0.717, 1.165) is 47.9 Å². The van der Waals surface area contributed by atoms with E-state index in [1.807, 2.05) is 46.3 Å². The third-order valence-electron chi connectivity index (χ3n) is 5.44. The molecule has 1 fully saturated rings. The molecule has 4 rings (SSSR count). The zero-order valence-corrected chi connectivity index (χ0v) is 18.9. The molecule has 1 saturated heterocycles. The summed E-state index contributed by atoms with van der Waals surface area (Å²) in [6, 6.07) is 12.2. The molecule has 0 radical (unpaired) electrons. The van der Waals surface area contributed by atoms with Crippen LogP contribution >= 0.6 is 23.1 Å². The topological polar surface area (TPSA) is 60.2 Å². The molecule has 1 aromatic carbocycles.